The van der Waals surface area contributed by atoms with Crippen molar-refractivity contribution in [2.24, 2.45) is 0 Å². The van der Waals surface area contributed by atoms with Crippen molar-refractivity contribution in [3.63, 3.8) is 0 Å². The van der Waals surface area contributed by atoms with Crippen molar-refractivity contribution in [1.82, 2.24) is 15.5 Å². The van der Waals surface area contributed by atoms with Gasteiger partial charge in [-0.25, -0.2) is 0 Å². The molecule has 1 aromatic heterocycles. The molecule has 3 rings (SSSR count). The number of nitrogens with one attached hydrogen (secondary N) is 1. The number of hydrogen-bond acceptors (Lipinski definition) is 4. The first-order valence-electron chi connectivity index (χ1n) is 6.04. The Balaban J connectivity index is 1.80. The summed E-state index contributed by atoms with van der Waals surface area (Å²) in [5, 5.41) is 11.5. The molecule has 18 heavy (non-hydrogen) atoms. The second-order valence-electron chi connectivity index (χ2n) is 4.62. The van der Waals surface area contributed by atoms with Gasteiger partial charge in [-0.05, 0) is 37.5 Å². The first-order chi connectivity index (χ1) is 8.72. The Hall–Kier alpha value is -1.20. The van der Waals surface area contributed by atoms with Gasteiger partial charge in [0.25, 0.3) is 0 Å². The third-order valence-corrected chi connectivity index (χ3v) is 3.51. The molecule has 1 heterocycles. The van der Waals surface area contributed by atoms with Crippen LogP contribution >= 0.6 is 15.9 Å². The molecule has 0 aliphatic heterocycles. The minimum Gasteiger partial charge on any atom is -0.419 e. The second-order valence-corrected chi connectivity index (χ2v) is 5.53. The lowest BCUT2D eigenvalue weighted by Crippen LogP contribution is -2.15. The average Bonchev–Trinajstić information content (AvgIpc) is 3.08. The SMILES string of the molecule is Cc1ccc(Br)cc1-c1nnc(CNC2CC2)o1. The number of halogens is 1. The van der Waals surface area contributed by atoms with Gasteiger partial charge in [-0.2, -0.15) is 0 Å². The van der Waals surface area contributed by atoms with Crippen LogP contribution < -0.4 is 5.32 Å². The molecule has 0 spiro atoms. The second kappa shape index (κ2) is 4.82. The van der Waals surface area contributed by atoms with Crippen LogP contribution in [-0.2, 0) is 6.54 Å². The van der Waals surface area contributed by atoms with Gasteiger partial charge in [0.2, 0.25) is 11.8 Å². The van der Waals surface area contributed by atoms with E-state index in [-0.39, 0.29) is 0 Å². The Labute approximate surface area is 114 Å². The summed E-state index contributed by atoms with van der Waals surface area (Å²) in [6, 6.07) is 6.69. The number of hydrogen-bond donors (Lipinski definition) is 1. The Morgan fingerprint density at radius 1 is 1.39 bits per heavy atom. The van der Waals surface area contributed by atoms with Crippen LogP contribution in [0.15, 0.2) is 27.1 Å². The summed E-state index contributed by atoms with van der Waals surface area (Å²) in [7, 11) is 0. The maximum absolute atomic E-state index is 5.68. The Bertz CT molecular complexity index is 563. The van der Waals surface area contributed by atoms with E-state index in [9.17, 15) is 0 Å². The van der Waals surface area contributed by atoms with E-state index < -0.39 is 0 Å². The fourth-order valence-electron chi connectivity index (χ4n) is 1.78. The lowest BCUT2D eigenvalue weighted by atomic mass is 10.1. The largest absolute Gasteiger partial charge is 0.419 e. The first kappa shape index (κ1) is 11.9. The molecule has 1 N–H and O–H groups in total. The predicted molar refractivity (Wildman–Crippen MR) is 72.0 cm³/mol. The average molecular weight is 308 g/mol. The van der Waals surface area contributed by atoms with Gasteiger partial charge in [-0.1, -0.05) is 22.0 Å². The van der Waals surface area contributed by atoms with Crippen molar-refractivity contribution in [3.8, 4) is 11.5 Å². The predicted octanol–water partition coefficient (Wildman–Crippen LogP) is 3.06. The molecular weight excluding hydrogens is 294 g/mol. The smallest absolute Gasteiger partial charge is 0.248 e. The molecule has 1 saturated carbocycles. The summed E-state index contributed by atoms with van der Waals surface area (Å²) in [5.41, 5.74) is 2.11. The van der Waals surface area contributed by atoms with Gasteiger partial charge in [0.1, 0.15) is 0 Å². The number of benzene rings is 1. The third kappa shape index (κ3) is 2.62. The molecule has 0 radical (unpaired) electrons. The summed E-state index contributed by atoms with van der Waals surface area (Å²) in [6.45, 7) is 2.69. The summed E-state index contributed by atoms with van der Waals surface area (Å²) >= 11 is 3.46. The van der Waals surface area contributed by atoms with Crippen molar-refractivity contribution >= 4 is 15.9 Å². The van der Waals surface area contributed by atoms with Crippen LogP contribution in [0.1, 0.15) is 24.3 Å². The van der Waals surface area contributed by atoms with Crippen molar-refractivity contribution in [1.29, 1.82) is 0 Å². The van der Waals surface area contributed by atoms with Gasteiger partial charge >= 0.3 is 0 Å². The van der Waals surface area contributed by atoms with E-state index >= 15 is 0 Å². The highest BCUT2D eigenvalue weighted by Gasteiger charge is 2.21. The Morgan fingerprint density at radius 3 is 3.00 bits per heavy atom. The zero-order valence-electron chi connectivity index (χ0n) is 10.1. The lowest BCUT2D eigenvalue weighted by Gasteiger charge is -2.01. The van der Waals surface area contributed by atoms with E-state index in [4.69, 9.17) is 4.42 Å². The summed E-state index contributed by atoms with van der Waals surface area (Å²) < 4.78 is 6.69. The van der Waals surface area contributed by atoms with E-state index in [1.54, 1.807) is 0 Å². The molecule has 5 heteroatoms. The molecule has 2 aromatic rings. The number of aryl methyl sites for hydroxylation is 1. The van der Waals surface area contributed by atoms with Gasteiger partial charge in [0.15, 0.2) is 0 Å². The van der Waals surface area contributed by atoms with Crippen LogP contribution in [0.5, 0.6) is 0 Å². The van der Waals surface area contributed by atoms with Crippen molar-refractivity contribution in [3.05, 3.63) is 34.1 Å². The standard InChI is InChI=1S/C13H14BrN3O/c1-8-2-3-9(14)6-11(8)13-17-16-12(18-13)7-15-10-4-5-10/h2-3,6,10,15H,4-5,7H2,1H3. The number of rotatable bonds is 4. The first-order valence-corrected chi connectivity index (χ1v) is 6.84. The molecule has 4 nitrogen and oxygen atoms in total. The van der Waals surface area contributed by atoms with Crippen molar-refractivity contribution in [2.45, 2.75) is 32.4 Å². The van der Waals surface area contributed by atoms with Gasteiger partial charge in [-0.3, -0.25) is 0 Å². The molecule has 1 aliphatic rings. The maximum Gasteiger partial charge on any atom is 0.248 e. The van der Waals surface area contributed by atoms with Crippen LogP contribution in [0, 0.1) is 6.92 Å². The zero-order chi connectivity index (χ0) is 12.5. The van der Waals surface area contributed by atoms with Gasteiger partial charge in [0.05, 0.1) is 6.54 Å². The summed E-state index contributed by atoms with van der Waals surface area (Å²) in [4.78, 5) is 0. The molecule has 0 bridgehead atoms. The zero-order valence-corrected chi connectivity index (χ0v) is 11.7. The number of aromatic nitrogens is 2. The Morgan fingerprint density at radius 2 is 2.22 bits per heavy atom. The van der Waals surface area contributed by atoms with Gasteiger partial charge in [0, 0.05) is 16.1 Å². The van der Waals surface area contributed by atoms with Crippen LogP contribution in [0.3, 0.4) is 0 Å². The van der Waals surface area contributed by atoms with E-state index in [1.807, 2.05) is 25.1 Å². The van der Waals surface area contributed by atoms with Crippen LogP contribution in [-0.4, -0.2) is 16.2 Å². The molecular formula is C13H14BrN3O. The van der Waals surface area contributed by atoms with E-state index in [0.717, 1.165) is 15.6 Å². The normalized spacial score (nSPS) is 15.0. The van der Waals surface area contributed by atoms with Gasteiger partial charge in [-0.15, -0.1) is 10.2 Å². The highest BCUT2D eigenvalue weighted by Crippen LogP contribution is 2.26. The van der Waals surface area contributed by atoms with E-state index in [1.165, 1.54) is 12.8 Å². The minimum absolute atomic E-state index is 0.585. The van der Waals surface area contributed by atoms with Crippen LogP contribution in [0.4, 0.5) is 0 Å². The summed E-state index contributed by atoms with van der Waals surface area (Å²) in [6.07, 6.45) is 2.51. The molecule has 1 aliphatic carbocycles. The molecule has 1 fully saturated rings. The lowest BCUT2D eigenvalue weighted by molar-refractivity contribution is 0.476. The van der Waals surface area contributed by atoms with E-state index in [0.29, 0.717) is 24.4 Å². The Kier molecular flexibility index (Phi) is 3.18. The fourth-order valence-corrected chi connectivity index (χ4v) is 2.14. The molecule has 1 aromatic carbocycles. The fraction of sp³-hybridized carbons (Fsp3) is 0.385. The number of nitrogens with zero attached hydrogens (tertiary/aromatic N) is 2. The van der Waals surface area contributed by atoms with Crippen LogP contribution in [0.25, 0.3) is 11.5 Å². The third-order valence-electron chi connectivity index (χ3n) is 3.02. The maximum atomic E-state index is 5.68. The highest BCUT2D eigenvalue weighted by molar-refractivity contribution is 9.10. The minimum atomic E-state index is 0.585. The van der Waals surface area contributed by atoms with Crippen molar-refractivity contribution < 1.29 is 4.42 Å². The monoisotopic (exact) mass is 307 g/mol. The molecule has 0 saturated heterocycles. The topological polar surface area (TPSA) is 51.0 Å². The molecule has 0 amide bonds. The van der Waals surface area contributed by atoms with Gasteiger partial charge < -0.3 is 9.73 Å². The van der Waals surface area contributed by atoms with Crippen LogP contribution in [0.2, 0.25) is 0 Å². The quantitative estimate of drug-likeness (QED) is 0.943. The molecule has 0 unspecified atom stereocenters. The molecule has 94 valence electrons. The highest BCUT2D eigenvalue weighted by atomic mass is 79.9. The molecule has 0 atom stereocenters. The van der Waals surface area contributed by atoms with Crippen molar-refractivity contribution in [2.75, 3.05) is 0 Å². The van der Waals surface area contributed by atoms with E-state index in [2.05, 4.69) is 31.4 Å². The summed E-state index contributed by atoms with van der Waals surface area (Å²) in [5.74, 6) is 1.23.